The summed E-state index contributed by atoms with van der Waals surface area (Å²) in [5, 5.41) is 4.86. The molecule has 1 aromatic carbocycles. The molecule has 162 valence electrons. The Hall–Kier alpha value is -2.48. The monoisotopic (exact) mass is 428 g/mol. The molecule has 0 saturated heterocycles. The number of hydrogen-bond donors (Lipinski definition) is 2. The van der Waals surface area contributed by atoms with E-state index in [1.807, 2.05) is 6.92 Å². The molecule has 29 heavy (non-hydrogen) atoms. The highest BCUT2D eigenvalue weighted by molar-refractivity contribution is 6.32. The quantitative estimate of drug-likeness (QED) is 0.552. The summed E-state index contributed by atoms with van der Waals surface area (Å²) in [5.41, 5.74) is 0.0971. The molecule has 0 saturated carbocycles. The van der Waals surface area contributed by atoms with Crippen LogP contribution >= 0.6 is 11.6 Å². The molecule has 1 atom stereocenters. The molecule has 1 aromatic rings. The third kappa shape index (κ3) is 8.60. The molecule has 0 aliphatic carbocycles. The lowest BCUT2D eigenvalue weighted by Crippen LogP contribution is -2.44. The molecule has 8 nitrogen and oxygen atoms in total. The number of carbonyl (C=O) groups excluding carboxylic acids is 3. The number of benzene rings is 1. The second kappa shape index (κ2) is 12.2. The van der Waals surface area contributed by atoms with Gasteiger partial charge in [-0.2, -0.15) is 0 Å². The van der Waals surface area contributed by atoms with Crippen LogP contribution in [0.3, 0.4) is 0 Å². The van der Waals surface area contributed by atoms with Crippen LogP contribution in [0.25, 0.3) is 0 Å². The zero-order valence-electron chi connectivity index (χ0n) is 17.5. The van der Waals surface area contributed by atoms with Crippen molar-refractivity contribution in [3.63, 3.8) is 0 Å². The van der Waals surface area contributed by atoms with E-state index >= 15 is 0 Å². The minimum atomic E-state index is -0.781. The van der Waals surface area contributed by atoms with E-state index in [4.69, 9.17) is 25.8 Å². The number of methoxy groups -OCH3 is 1. The number of esters is 1. The van der Waals surface area contributed by atoms with E-state index < -0.39 is 24.5 Å². The highest BCUT2D eigenvalue weighted by Crippen LogP contribution is 2.36. The Balaban J connectivity index is 2.68. The van der Waals surface area contributed by atoms with Crippen LogP contribution < -0.4 is 20.1 Å². The predicted molar refractivity (Wildman–Crippen MR) is 110 cm³/mol. The van der Waals surface area contributed by atoms with Crippen molar-refractivity contribution in [3.8, 4) is 11.5 Å². The first-order valence-corrected chi connectivity index (χ1v) is 9.83. The zero-order chi connectivity index (χ0) is 22.0. The highest BCUT2D eigenvalue weighted by Gasteiger charge is 2.18. The number of nitrogens with one attached hydrogen (secondary N) is 2. The fourth-order valence-corrected chi connectivity index (χ4v) is 2.38. The van der Waals surface area contributed by atoms with Gasteiger partial charge in [-0.05, 0) is 37.8 Å². The molecule has 0 radical (unpaired) electrons. The molecule has 0 heterocycles. The fraction of sp³-hybridized carbons (Fsp3) is 0.550. The van der Waals surface area contributed by atoms with Crippen LogP contribution in [-0.4, -0.2) is 44.3 Å². The summed E-state index contributed by atoms with van der Waals surface area (Å²) in [5.74, 6) is -0.439. The standard InChI is InChI=1S/C20H29ClN2O6/c1-6-13(4)22-20(26)23-17(24)11-29-19(25)14-9-15(21)18(16(10-14)27-5)28-8-7-12(2)3/h9-10,12-13H,6-8,11H2,1-5H3,(H2,22,23,24,26)/t13-/m0/s1. The van der Waals surface area contributed by atoms with Gasteiger partial charge in [0.05, 0.1) is 24.3 Å². The van der Waals surface area contributed by atoms with Crippen LogP contribution in [-0.2, 0) is 9.53 Å². The maximum atomic E-state index is 12.2. The highest BCUT2D eigenvalue weighted by atomic mass is 35.5. The van der Waals surface area contributed by atoms with Crippen molar-refractivity contribution in [2.24, 2.45) is 5.92 Å². The predicted octanol–water partition coefficient (Wildman–Crippen LogP) is 3.55. The zero-order valence-corrected chi connectivity index (χ0v) is 18.2. The van der Waals surface area contributed by atoms with Gasteiger partial charge in [0.2, 0.25) is 0 Å². The van der Waals surface area contributed by atoms with E-state index in [-0.39, 0.29) is 22.4 Å². The second-order valence-corrected chi connectivity index (χ2v) is 7.33. The van der Waals surface area contributed by atoms with Gasteiger partial charge in [-0.3, -0.25) is 10.1 Å². The minimum Gasteiger partial charge on any atom is -0.493 e. The SMILES string of the molecule is CC[C@H](C)NC(=O)NC(=O)COC(=O)c1cc(Cl)c(OCCC(C)C)c(OC)c1. The Morgan fingerprint density at radius 3 is 2.45 bits per heavy atom. The number of rotatable bonds is 10. The van der Waals surface area contributed by atoms with Gasteiger partial charge in [-0.25, -0.2) is 9.59 Å². The summed E-state index contributed by atoms with van der Waals surface area (Å²) < 4.78 is 15.9. The molecule has 2 N–H and O–H groups in total. The summed E-state index contributed by atoms with van der Waals surface area (Å²) >= 11 is 6.22. The molecule has 3 amide bonds. The molecule has 0 aliphatic heterocycles. The average Bonchev–Trinajstić information content (AvgIpc) is 2.66. The summed E-state index contributed by atoms with van der Waals surface area (Å²) in [6, 6.07) is 2.08. The van der Waals surface area contributed by atoms with Gasteiger partial charge in [0, 0.05) is 6.04 Å². The number of halogens is 1. The molecule has 9 heteroatoms. The van der Waals surface area contributed by atoms with Gasteiger partial charge in [0.25, 0.3) is 5.91 Å². The van der Waals surface area contributed by atoms with Crippen molar-refractivity contribution in [3.05, 3.63) is 22.7 Å². The third-order valence-electron chi connectivity index (χ3n) is 3.98. The van der Waals surface area contributed by atoms with Crippen molar-refractivity contribution in [2.45, 2.75) is 46.6 Å². The van der Waals surface area contributed by atoms with Crippen LogP contribution in [0, 0.1) is 5.92 Å². The lowest BCUT2D eigenvalue weighted by molar-refractivity contribution is -0.123. The lowest BCUT2D eigenvalue weighted by Gasteiger charge is -2.15. The van der Waals surface area contributed by atoms with Crippen LogP contribution in [0.5, 0.6) is 11.5 Å². The Kier molecular flexibility index (Phi) is 10.3. The van der Waals surface area contributed by atoms with Gasteiger partial charge >= 0.3 is 12.0 Å². The normalized spacial score (nSPS) is 11.6. The molecule has 0 unspecified atom stereocenters. The van der Waals surface area contributed by atoms with Gasteiger partial charge < -0.3 is 19.5 Å². The van der Waals surface area contributed by atoms with Crippen LogP contribution in [0.4, 0.5) is 4.79 Å². The molecule has 0 aromatic heterocycles. The van der Waals surface area contributed by atoms with E-state index in [9.17, 15) is 14.4 Å². The number of carbonyl (C=O) groups is 3. The van der Waals surface area contributed by atoms with Crippen LogP contribution in [0.15, 0.2) is 12.1 Å². The Morgan fingerprint density at radius 1 is 1.17 bits per heavy atom. The lowest BCUT2D eigenvalue weighted by atomic mass is 10.1. The first-order chi connectivity index (χ1) is 13.7. The van der Waals surface area contributed by atoms with Crippen molar-refractivity contribution in [2.75, 3.05) is 20.3 Å². The maximum absolute atomic E-state index is 12.2. The Labute approximate surface area is 176 Å². The summed E-state index contributed by atoms with van der Waals surface area (Å²) in [6.07, 6.45) is 1.55. The Bertz CT molecular complexity index is 723. The average molecular weight is 429 g/mol. The molecule has 0 bridgehead atoms. The molecular formula is C20H29ClN2O6. The van der Waals surface area contributed by atoms with Gasteiger partial charge in [0.15, 0.2) is 18.1 Å². The van der Waals surface area contributed by atoms with E-state index in [0.29, 0.717) is 18.3 Å². The fourth-order valence-electron chi connectivity index (χ4n) is 2.11. The van der Waals surface area contributed by atoms with Crippen LogP contribution in [0.1, 0.15) is 50.9 Å². The number of imide groups is 1. The van der Waals surface area contributed by atoms with Gasteiger partial charge in [-0.1, -0.05) is 32.4 Å². The van der Waals surface area contributed by atoms with Gasteiger partial charge in [0.1, 0.15) is 0 Å². The van der Waals surface area contributed by atoms with E-state index in [0.717, 1.165) is 12.8 Å². The molecule has 0 spiro atoms. The van der Waals surface area contributed by atoms with Crippen molar-refractivity contribution in [1.29, 1.82) is 0 Å². The second-order valence-electron chi connectivity index (χ2n) is 6.93. The van der Waals surface area contributed by atoms with Crippen LogP contribution in [0.2, 0.25) is 5.02 Å². The molecule has 0 fully saturated rings. The summed E-state index contributed by atoms with van der Waals surface area (Å²) in [4.78, 5) is 35.6. The van der Waals surface area contributed by atoms with E-state index in [1.165, 1.54) is 19.2 Å². The molecule has 0 aliphatic rings. The number of hydrogen-bond acceptors (Lipinski definition) is 6. The van der Waals surface area contributed by atoms with Gasteiger partial charge in [-0.15, -0.1) is 0 Å². The van der Waals surface area contributed by atoms with E-state index in [2.05, 4.69) is 24.5 Å². The smallest absolute Gasteiger partial charge is 0.338 e. The maximum Gasteiger partial charge on any atom is 0.338 e. The van der Waals surface area contributed by atoms with Crippen molar-refractivity contribution < 1.29 is 28.6 Å². The number of ether oxygens (including phenoxy) is 3. The van der Waals surface area contributed by atoms with E-state index in [1.54, 1.807) is 6.92 Å². The summed E-state index contributed by atoms with van der Waals surface area (Å²) in [7, 11) is 1.43. The molecule has 1 rings (SSSR count). The number of urea groups is 1. The Morgan fingerprint density at radius 2 is 1.86 bits per heavy atom. The molecular weight excluding hydrogens is 400 g/mol. The largest absolute Gasteiger partial charge is 0.493 e. The minimum absolute atomic E-state index is 0.0822. The first kappa shape index (κ1) is 24.6. The van der Waals surface area contributed by atoms with Crippen molar-refractivity contribution >= 4 is 29.5 Å². The first-order valence-electron chi connectivity index (χ1n) is 9.45. The number of amides is 3. The summed E-state index contributed by atoms with van der Waals surface area (Å²) in [6.45, 7) is 7.69. The topological polar surface area (TPSA) is 103 Å². The van der Waals surface area contributed by atoms with Crippen molar-refractivity contribution in [1.82, 2.24) is 10.6 Å². The third-order valence-corrected chi connectivity index (χ3v) is 4.26.